The van der Waals surface area contributed by atoms with E-state index >= 15 is 0 Å². The molecule has 31 heavy (non-hydrogen) atoms. The predicted octanol–water partition coefficient (Wildman–Crippen LogP) is 2.80. The minimum Gasteiger partial charge on any atom is -0.455 e. The summed E-state index contributed by atoms with van der Waals surface area (Å²) in [5, 5.41) is 5.28. The van der Waals surface area contributed by atoms with Crippen molar-refractivity contribution < 1.29 is 23.9 Å². The SMILES string of the molecule is CC(=O)Nc1ccc(NC(=O)COC(=O)[C@@H]2CC(=O)N([C@H]3CCC[C@@H](C)[C@H]3C)C2)cc1. The van der Waals surface area contributed by atoms with Gasteiger partial charge in [0.2, 0.25) is 11.8 Å². The molecule has 1 aliphatic heterocycles. The van der Waals surface area contributed by atoms with Crippen LogP contribution in [-0.4, -0.2) is 47.8 Å². The highest BCUT2D eigenvalue weighted by Crippen LogP contribution is 2.35. The lowest BCUT2D eigenvalue weighted by Crippen LogP contribution is -2.45. The Balaban J connectivity index is 1.46. The van der Waals surface area contributed by atoms with Crippen LogP contribution in [0.3, 0.4) is 0 Å². The van der Waals surface area contributed by atoms with Crippen molar-refractivity contribution in [2.24, 2.45) is 17.8 Å². The van der Waals surface area contributed by atoms with Crippen LogP contribution in [0.1, 0.15) is 46.5 Å². The van der Waals surface area contributed by atoms with Crippen molar-refractivity contribution in [3.63, 3.8) is 0 Å². The zero-order valence-corrected chi connectivity index (χ0v) is 18.3. The third-order valence-electron chi connectivity index (χ3n) is 6.39. The Morgan fingerprint density at radius 1 is 1.06 bits per heavy atom. The molecule has 2 aliphatic rings. The molecular formula is C23H31N3O5. The average molecular weight is 430 g/mol. The minimum atomic E-state index is -0.526. The van der Waals surface area contributed by atoms with E-state index in [4.69, 9.17) is 4.74 Å². The van der Waals surface area contributed by atoms with E-state index in [1.165, 1.54) is 13.3 Å². The number of ether oxygens (including phenoxy) is 1. The molecule has 0 spiro atoms. The van der Waals surface area contributed by atoms with Crippen molar-refractivity contribution in [3.05, 3.63) is 24.3 Å². The second kappa shape index (κ2) is 9.94. The highest BCUT2D eigenvalue weighted by Gasteiger charge is 2.42. The van der Waals surface area contributed by atoms with Gasteiger partial charge in [-0.1, -0.05) is 26.7 Å². The fraction of sp³-hybridized carbons (Fsp3) is 0.565. The Bertz CT molecular complexity index is 838. The highest BCUT2D eigenvalue weighted by molar-refractivity contribution is 5.94. The molecule has 1 saturated heterocycles. The van der Waals surface area contributed by atoms with E-state index in [0.29, 0.717) is 29.8 Å². The van der Waals surface area contributed by atoms with Crippen molar-refractivity contribution in [3.8, 4) is 0 Å². The number of anilines is 2. The second-order valence-corrected chi connectivity index (χ2v) is 8.70. The van der Waals surface area contributed by atoms with Crippen molar-refractivity contribution in [2.75, 3.05) is 23.8 Å². The van der Waals surface area contributed by atoms with Crippen LogP contribution in [0.4, 0.5) is 11.4 Å². The molecule has 2 N–H and O–H groups in total. The number of esters is 1. The van der Waals surface area contributed by atoms with Gasteiger partial charge in [0.25, 0.3) is 5.91 Å². The summed E-state index contributed by atoms with van der Waals surface area (Å²) in [6, 6.07) is 6.79. The van der Waals surface area contributed by atoms with Crippen LogP contribution in [0.25, 0.3) is 0 Å². The summed E-state index contributed by atoms with van der Waals surface area (Å²) in [5.41, 5.74) is 1.15. The van der Waals surface area contributed by atoms with E-state index in [0.717, 1.165) is 12.8 Å². The van der Waals surface area contributed by atoms with Gasteiger partial charge in [0.05, 0.1) is 5.92 Å². The standard InChI is InChI=1S/C23H31N3O5/c1-14-5-4-6-20(15(14)2)26-12-17(11-22(26)29)23(30)31-13-21(28)25-19-9-7-18(8-10-19)24-16(3)27/h7-10,14-15,17,20H,4-6,11-13H2,1-3H3,(H,24,27)(H,25,28)/t14-,15-,17-,20+/m1/s1. The van der Waals surface area contributed by atoms with E-state index in [1.54, 1.807) is 24.3 Å². The summed E-state index contributed by atoms with van der Waals surface area (Å²) < 4.78 is 5.18. The highest BCUT2D eigenvalue weighted by atomic mass is 16.5. The maximum atomic E-state index is 12.5. The molecule has 3 amide bonds. The van der Waals surface area contributed by atoms with Gasteiger partial charge in [-0.05, 0) is 42.5 Å². The van der Waals surface area contributed by atoms with Gasteiger partial charge in [0, 0.05) is 37.3 Å². The Kier molecular flexibility index (Phi) is 7.30. The van der Waals surface area contributed by atoms with Crippen LogP contribution < -0.4 is 10.6 Å². The van der Waals surface area contributed by atoms with Crippen LogP contribution >= 0.6 is 0 Å². The molecule has 168 valence electrons. The molecule has 0 bridgehead atoms. The summed E-state index contributed by atoms with van der Waals surface area (Å²) in [6.45, 7) is 5.77. The van der Waals surface area contributed by atoms with Crippen molar-refractivity contribution in [1.82, 2.24) is 4.90 Å². The summed E-state index contributed by atoms with van der Waals surface area (Å²) in [4.78, 5) is 50.0. The molecule has 0 radical (unpaired) electrons. The Hall–Kier alpha value is -2.90. The molecule has 1 aromatic carbocycles. The number of benzene rings is 1. The lowest BCUT2D eigenvalue weighted by Gasteiger charge is -2.39. The molecule has 8 heteroatoms. The van der Waals surface area contributed by atoms with E-state index < -0.39 is 24.4 Å². The molecule has 0 aromatic heterocycles. The first-order chi connectivity index (χ1) is 14.7. The minimum absolute atomic E-state index is 0.00314. The molecule has 1 heterocycles. The van der Waals surface area contributed by atoms with Crippen molar-refractivity contribution in [1.29, 1.82) is 0 Å². The molecular weight excluding hydrogens is 398 g/mol. The smallest absolute Gasteiger partial charge is 0.311 e. The number of rotatable bonds is 6. The van der Waals surface area contributed by atoms with Crippen LogP contribution in [0.15, 0.2) is 24.3 Å². The lowest BCUT2D eigenvalue weighted by atomic mass is 9.77. The molecule has 1 saturated carbocycles. The summed E-state index contributed by atoms with van der Waals surface area (Å²) in [6.07, 6.45) is 3.39. The quantitative estimate of drug-likeness (QED) is 0.677. The molecule has 3 rings (SSSR count). The fourth-order valence-corrected chi connectivity index (χ4v) is 4.50. The van der Waals surface area contributed by atoms with E-state index in [9.17, 15) is 19.2 Å². The Labute approximate surface area is 182 Å². The van der Waals surface area contributed by atoms with Crippen molar-refractivity contribution >= 4 is 35.1 Å². The number of nitrogens with zero attached hydrogens (tertiary/aromatic N) is 1. The molecule has 0 unspecified atom stereocenters. The van der Waals surface area contributed by atoms with Gasteiger partial charge in [0.1, 0.15) is 0 Å². The molecule has 2 fully saturated rings. The van der Waals surface area contributed by atoms with E-state index in [2.05, 4.69) is 24.5 Å². The van der Waals surface area contributed by atoms with E-state index in [1.807, 2.05) is 4.90 Å². The first kappa shape index (κ1) is 22.8. The molecule has 8 nitrogen and oxygen atoms in total. The van der Waals surface area contributed by atoms with Gasteiger partial charge in [-0.15, -0.1) is 0 Å². The number of carbonyl (C=O) groups excluding carboxylic acids is 4. The Morgan fingerprint density at radius 2 is 1.71 bits per heavy atom. The first-order valence-corrected chi connectivity index (χ1v) is 10.9. The van der Waals surface area contributed by atoms with Gasteiger partial charge in [-0.25, -0.2) is 0 Å². The van der Waals surface area contributed by atoms with Gasteiger partial charge in [0.15, 0.2) is 6.61 Å². The number of likely N-dealkylation sites (tertiary alicyclic amines) is 1. The van der Waals surface area contributed by atoms with Crippen LogP contribution in [0.2, 0.25) is 0 Å². The van der Waals surface area contributed by atoms with Crippen LogP contribution in [-0.2, 0) is 23.9 Å². The number of hydrogen-bond acceptors (Lipinski definition) is 5. The Morgan fingerprint density at radius 3 is 2.35 bits per heavy atom. The predicted molar refractivity (Wildman–Crippen MR) is 116 cm³/mol. The van der Waals surface area contributed by atoms with Gasteiger partial charge < -0.3 is 20.3 Å². The number of carbonyl (C=O) groups is 4. The van der Waals surface area contributed by atoms with Crippen LogP contribution in [0, 0.1) is 17.8 Å². The number of amides is 3. The molecule has 1 aromatic rings. The van der Waals surface area contributed by atoms with Crippen LogP contribution in [0.5, 0.6) is 0 Å². The second-order valence-electron chi connectivity index (χ2n) is 8.70. The summed E-state index contributed by atoms with van der Waals surface area (Å²) >= 11 is 0. The average Bonchev–Trinajstić information content (AvgIpc) is 3.11. The summed E-state index contributed by atoms with van der Waals surface area (Å²) in [5.74, 6) is -0.706. The topological polar surface area (TPSA) is 105 Å². The number of hydrogen-bond donors (Lipinski definition) is 2. The largest absolute Gasteiger partial charge is 0.455 e. The van der Waals surface area contributed by atoms with E-state index in [-0.39, 0.29) is 24.3 Å². The first-order valence-electron chi connectivity index (χ1n) is 10.9. The van der Waals surface area contributed by atoms with Crippen molar-refractivity contribution in [2.45, 2.75) is 52.5 Å². The fourth-order valence-electron chi connectivity index (χ4n) is 4.50. The number of nitrogens with one attached hydrogen (secondary N) is 2. The zero-order chi connectivity index (χ0) is 22.5. The third-order valence-corrected chi connectivity index (χ3v) is 6.39. The molecule has 4 atom stereocenters. The van der Waals surface area contributed by atoms with Gasteiger partial charge in [-0.2, -0.15) is 0 Å². The maximum Gasteiger partial charge on any atom is 0.311 e. The van der Waals surface area contributed by atoms with Gasteiger partial charge in [-0.3, -0.25) is 19.2 Å². The normalized spacial score (nSPS) is 25.8. The van der Waals surface area contributed by atoms with Gasteiger partial charge >= 0.3 is 5.97 Å². The zero-order valence-electron chi connectivity index (χ0n) is 18.3. The summed E-state index contributed by atoms with van der Waals surface area (Å²) in [7, 11) is 0. The maximum absolute atomic E-state index is 12.5. The lowest BCUT2D eigenvalue weighted by molar-refractivity contribution is -0.151. The third kappa shape index (κ3) is 5.83. The monoisotopic (exact) mass is 429 g/mol. The molecule has 1 aliphatic carbocycles.